The van der Waals surface area contributed by atoms with Gasteiger partial charge in [0.05, 0.1) is 17.6 Å². The molecule has 1 saturated carbocycles. The molecule has 0 aromatic carbocycles. The Morgan fingerprint density at radius 1 is 1.14 bits per heavy atom. The Morgan fingerprint density at radius 3 is 2.64 bits per heavy atom. The number of aromatic nitrogens is 4. The van der Waals surface area contributed by atoms with E-state index in [0.29, 0.717) is 5.65 Å². The smallest absolute Gasteiger partial charge is 0.167 e. The summed E-state index contributed by atoms with van der Waals surface area (Å²) in [6, 6.07) is 0. The van der Waals surface area contributed by atoms with E-state index >= 15 is 0 Å². The van der Waals surface area contributed by atoms with E-state index in [9.17, 15) is 0 Å². The molecule has 3 fully saturated rings. The third kappa shape index (κ3) is 2.65. The predicted molar refractivity (Wildman–Crippen MR) is 101 cm³/mol. The number of ether oxygens (including phenoxy) is 3. The maximum Gasteiger partial charge on any atom is 0.167 e. The van der Waals surface area contributed by atoms with Gasteiger partial charge in [-0.25, -0.2) is 15.0 Å². The second kappa shape index (κ2) is 6.22. The van der Waals surface area contributed by atoms with Gasteiger partial charge in [0, 0.05) is 0 Å². The van der Waals surface area contributed by atoms with E-state index in [4.69, 9.17) is 26.4 Å². The summed E-state index contributed by atoms with van der Waals surface area (Å²) in [5.74, 6) is 1.95. The number of hydrogen-bond acceptors (Lipinski definition) is 7. The first-order valence-corrected chi connectivity index (χ1v) is 9.86. The summed E-state index contributed by atoms with van der Waals surface area (Å²) in [6.07, 6.45) is 12.5. The fourth-order valence-corrected chi connectivity index (χ4v) is 4.76. The molecule has 8 heteroatoms. The highest BCUT2D eigenvalue weighted by molar-refractivity contribution is 5.74. The molecule has 0 unspecified atom stereocenters. The maximum atomic E-state index is 6.73. The van der Waals surface area contributed by atoms with Gasteiger partial charge < -0.3 is 19.9 Å². The zero-order valence-corrected chi connectivity index (χ0v) is 16.2. The normalized spacial score (nSPS) is 33.6. The van der Waals surface area contributed by atoms with E-state index in [1.165, 1.54) is 6.42 Å². The van der Waals surface area contributed by atoms with Crippen LogP contribution in [-0.4, -0.2) is 43.6 Å². The van der Waals surface area contributed by atoms with E-state index in [0.717, 1.165) is 36.9 Å². The molecule has 8 nitrogen and oxygen atoms in total. The quantitative estimate of drug-likeness (QED) is 0.792. The first-order valence-electron chi connectivity index (χ1n) is 9.86. The van der Waals surface area contributed by atoms with Crippen molar-refractivity contribution in [3.63, 3.8) is 0 Å². The molecule has 2 aromatic heterocycles. The van der Waals surface area contributed by atoms with Gasteiger partial charge in [0.2, 0.25) is 0 Å². The molecule has 0 bridgehead atoms. The molecule has 4 heterocycles. The Morgan fingerprint density at radius 2 is 1.89 bits per heavy atom. The highest BCUT2D eigenvalue weighted by atomic mass is 16.8. The van der Waals surface area contributed by atoms with Crippen LogP contribution in [0, 0.1) is 12.3 Å². The Balaban J connectivity index is 1.56. The van der Waals surface area contributed by atoms with E-state index in [-0.39, 0.29) is 12.2 Å². The highest BCUT2D eigenvalue weighted by Crippen LogP contribution is 2.44. The van der Waals surface area contributed by atoms with Gasteiger partial charge in [-0.2, -0.15) is 0 Å². The van der Waals surface area contributed by atoms with E-state index in [2.05, 4.69) is 20.9 Å². The van der Waals surface area contributed by atoms with Crippen molar-refractivity contribution in [1.29, 1.82) is 0 Å². The van der Waals surface area contributed by atoms with Crippen molar-refractivity contribution >= 4 is 11.2 Å². The Bertz CT molecular complexity index is 943. The van der Waals surface area contributed by atoms with Crippen molar-refractivity contribution in [3.05, 3.63) is 18.3 Å². The number of fused-ring (bicyclic) bond motifs is 2. The molecule has 4 atom stereocenters. The Kier molecular flexibility index (Phi) is 4.00. The molecule has 0 spiro atoms. The molecule has 0 radical (unpaired) electrons. The van der Waals surface area contributed by atoms with Gasteiger partial charge in [0.1, 0.15) is 30.2 Å². The van der Waals surface area contributed by atoms with Crippen molar-refractivity contribution in [2.75, 3.05) is 0 Å². The van der Waals surface area contributed by atoms with Crippen LogP contribution in [0.25, 0.3) is 11.2 Å². The zero-order valence-electron chi connectivity index (χ0n) is 16.2. The number of nitrogens with two attached hydrogens (primary N) is 1. The van der Waals surface area contributed by atoms with Crippen LogP contribution in [0.4, 0.5) is 0 Å². The standard InChI is InChI=1S/C20H25N5O3/c1-4-12-14-15(28-19(2,3)27-14)18(26-12)25-11-24-13-16(22-10-23-17(13)25)20(21)8-6-5-7-9-20/h1,10-12,14-15,18H,5-9,21H2,2-3H3/t12-,14-,15-,18-/m1/s1. The van der Waals surface area contributed by atoms with Gasteiger partial charge in [-0.15, -0.1) is 6.42 Å². The van der Waals surface area contributed by atoms with Crippen LogP contribution in [0.2, 0.25) is 0 Å². The summed E-state index contributed by atoms with van der Waals surface area (Å²) in [7, 11) is 0. The van der Waals surface area contributed by atoms with Gasteiger partial charge in [-0.05, 0) is 26.7 Å². The van der Waals surface area contributed by atoms with Crippen LogP contribution in [-0.2, 0) is 19.7 Å². The number of hydrogen-bond donors (Lipinski definition) is 1. The minimum atomic E-state index is -0.716. The minimum Gasteiger partial charge on any atom is -0.341 e. The lowest BCUT2D eigenvalue weighted by atomic mass is 9.80. The summed E-state index contributed by atoms with van der Waals surface area (Å²) < 4.78 is 20.0. The lowest BCUT2D eigenvalue weighted by Gasteiger charge is -2.32. The molecule has 1 aliphatic carbocycles. The summed E-state index contributed by atoms with van der Waals surface area (Å²) in [4.78, 5) is 13.6. The van der Waals surface area contributed by atoms with Crippen LogP contribution >= 0.6 is 0 Å². The third-order valence-electron chi connectivity index (χ3n) is 6.04. The van der Waals surface area contributed by atoms with Crippen LogP contribution < -0.4 is 5.73 Å². The topological polar surface area (TPSA) is 97.3 Å². The first kappa shape index (κ1) is 18.0. The van der Waals surface area contributed by atoms with Crippen molar-refractivity contribution < 1.29 is 14.2 Å². The number of nitrogens with zero attached hydrogens (tertiary/aromatic N) is 4. The fraction of sp³-hybridized carbons (Fsp3) is 0.650. The number of terminal acetylenes is 1. The third-order valence-corrected chi connectivity index (χ3v) is 6.04. The molecular formula is C20H25N5O3. The number of rotatable bonds is 2. The minimum absolute atomic E-state index is 0.331. The lowest BCUT2D eigenvalue weighted by molar-refractivity contribution is -0.190. The van der Waals surface area contributed by atoms with E-state index in [1.807, 2.05) is 18.4 Å². The highest BCUT2D eigenvalue weighted by Gasteiger charge is 2.56. The largest absolute Gasteiger partial charge is 0.341 e. The molecule has 2 aromatic rings. The van der Waals surface area contributed by atoms with Crippen molar-refractivity contribution in [2.45, 2.75) is 81.8 Å². The van der Waals surface area contributed by atoms with Gasteiger partial charge in [-0.3, -0.25) is 4.57 Å². The molecular weight excluding hydrogens is 358 g/mol. The predicted octanol–water partition coefficient (Wildman–Crippen LogP) is 2.00. The second-order valence-corrected chi connectivity index (χ2v) is 8.44. The Hall–Kier alpha value is -2.05. The van der Waals surface area contributed by atoms with E-state index in [1.54, 1.807) is 12.7 Å². The van der Waals surface area contributed by atoms with Crippen LogP contribution in [0.3, 0.4) is 0 Å². The Labute approximate surface area is 163 Å². The lowest BCUT2D eigenvalue weighted by Crippen LogP contribution is -2.39. The van der Waals surface area contributed by atoms with Gasteiger partial charge >= 0.3 is 0 Å². The van der Waals surface area contributed by atoms with Crippen LogP contribution in [0.1, 0.15) is 57.9 Å². The average Bonchev–Trinajstić information content (AvgIpc) is 3.32. The summed E-state index contributed by atoms with van der Waals surface area (Å²) in [5.41, 5.74) is 8.47. The van der Waals surface area contributed by atoms with Gasteiger partial charge in [0.15, 0.2) is 17.7 Å². The molecule has 148 valence electrons. The van der Waals surface area contributed by atoms with Crippen molar-refractivity contribution in [1.82, 2.24) is 19.5 Å². The fourth-order valence-electron chi connectivity index (χ4n) is 4.76. The molecule has 2 aliphatic heterocycles. The molecule has 3 aliphatic rings. The maximum absolute atomic E-state index is 6.73. The average molecular weight is 383 g/mol. The van der Waals surface area contributed by atoms with E-state index < -0.39 is 23.7 Å². The van der Waals surface area contributed by atoms with Crippen molar-refractivity contribution in [3.8, 4) is 12.3 Å². The van der Waals surface area contributed by atoms with Gasteiger partial charge in [-0.1, -0.05) is 25.2 Å². The number of imidazole rings is 1. The first-order chi connectivity index (χ1) is 13.4. The molecule has 2 saturated heterocycles. The van der Waals surface area contributed by atoms with Gasteiger partial charge in [0.25, 0.3) is 0 Å². The van der Waals surface area contributed by atoms with Crippen molar-refractivity contribution in [2.24, 2.45) is 5.73 Å². The molecule has 0 amide bonds. The second-order valence-electron chi connectivity index (χ2n) is 8.44. The monoisotopic (exact) mass is 383 g/mol. The summed E-state index contributed by atoms with van der Waals surface area (Å²) in [5, 5.41) is 0. The summed E-state index contributed by atoms with van der Waals surface area (Å²) in [6.45, 7) is 3.76. The zero-order chi connectivity index (χ0) is 19.5. The summed E-state index contributed by atoms with van der Waals surface area (Å²) >= 11 is 0. The SMILES string of the molecule is C#C[C@H]1O[C@@H](n2cnc3c(C4(N)CCCCC4)ncnc32)[C@@H]2OC(C)(C)O[C@@H]21. The molecule has 2 N–H and O–H groups in total. The molecule has 28 heavy (non-hydrogen) atoms. The molecule has 5 rings (SSSR count). The van der Waals surface area contributed by atoms with Crippen LogP contribution in [0.5, 0.6) is 0 Å². The van der Waals surface area contributed by atoms with Crippen LogP contribution in [0.15, 0.2) is 12.7 Å².